The Morgan fingerprint density at radius 1 is 1.06 bits per heavy atom. The maximum atomic E-state index is 13.9. The molecule has 1 heterocycles. The number of hydrogen-bond donors (Lipinski definition) is 1. The molecule has 33 heavy (non-hydrogen) atoms. The predicted octanol–water partition coefficient (Wildman–Crippen LogP) is 5.93. The van der Waals surface area contributed by atoms with Crippen LogP contribution < -0.4 is 10.1 Å². The van der Waals surface area contributed by atoms with Crippen LogP contribution in [0, 0.1) is 17.5 Å². The molecule has 0 saturated carbocycles. The third-order valence-electron chi connectivity index (χ3n) is 4.80. The Hall–Kier alpha value is -3.01. The molecule has 0 aliphatic heterocycles. The molecule has 0 aliphatic rings. The van der Waals surface area contributed by atoms with Crippen molar-refractivity contribution in [3.8, 4) is 5.75 Å². The lowest BCUT2D eigenvalue weighted by atomic mass is 10.2. The van der Waals surface area contributed by atoms with E-state index in [2.05, 4.69) is 15.5 Å². The smallest absolute Gasteiger partial charge is 0.238 e. The average Bonchev–Trinajstić information content (AvgIpc) is 3.19. The molecular weight excluding hydrogens is 453 g/mol. The third kappa shape index (κ3) is 6.07. The molecule has 0 bridgehead atoms. The quantitative estimate of drug-likeness (QED) is 0.386. The third-order valence-corrected chi connectivity index (χ3v) is 6.12. The van der Waals surface area contributed by atoms with Gasteiger partial charge in [0.1, 0.15) is 23.2 Å². The van der Waals surface area contributed by atoms with Crippen LogP contribution in [0.15, 0.2) is 47.6 Å². The van der Waals surface area contributed by atoms with Crippen LogP contribution in [0.25, 0.3) is 0 Å². The van der Waals surface area contributed by atoms with Gasteiger partial charge in [-0.1, -0.05) is 18.7 Å². The first kappa shape index (κ1) is 24.6. The van der Waals surface area contributed by atoms with Gasteiger partial charge in [-0.25, -0.2) is 13.2 Å². The number of halogens is 3. The van der Waals surface area contributed by atoms with Crippen LogP contribution in [-0.4, -0.2) is 25.9 Å². The van der Waals surface area contributed by atoms with Gasteiger partial charge in [0, 0.05) is 12.1 Å². The number of nitrogens with one attached hydrogen (secondary N) is 1. The van der Waals surface area contributed by atoms with E-state index < -0.39 is 28.9 Å². The highest BCUT2D eigenvalue weighted by Crippen LogP contribution is 2.31. The number of hydrogen-bond acceptors (Lipinski definition) is 5. The van der Waals surface area contributed by atoms with Gasteiger partial charge < -0.3 is 14.6 Å². The number of aromatic nitrogens is 3. The van der Waals surface area contributed by atoms with E-state index in [1.807, 2.05) is 32.3 Å². The second-order valence-corrected chi connectivity index (χ2v) is 8.82. The van der Waals surface area contributed by atoms with E-state index in [0.29, 0.717) is 29.2 Å². The molecule has 0 spiro atoms. The number of thioether (sulfide) groups is 1. The van der Waals surface area contributed by atoms with Gasteiger partial charge >= 0.3 is 0 Å². The number of nitrogens with zero attached hydrogens (tertiary/aromatic N) is 3. The molecule has 3 aromatic rings. The number of ether oxygens (including phenoxy) is 1. The summed E-state index contributed by atoms with van der Waals surface area (Å²) in [6.45, 7) is 7.55. The number of carbonyl (C=O) groups is 1. The molecule has 10 heteroatoms. The summed E-state index contributed by atoms with van der Waals surface area (Å²) in [5, 5.41) is 11.0. The normalized spacial score (nSPS) is 13.1. The van der Waals surface area contributed by atoms with Crippen molar-refractivity contribution in [2.24, 2.45) is 0 Å². The molecule has 176 valence electrons. The highest BCUT2D eigenvalue weighted by molar-refractivity contribution is 8.00. The minimum absolute atomic E-state index is 0.0353. The standard InChI is InChI=1S/C23H25F3N4O2S/c1-5-20(22(31)27-19-11-8-16(25)12-18(19)26)33-23-29-28-21(30(23)13(2)3)14(4)32-17-9-6-15(24)7-10-17/h6-14,20H,5H2,1-4H3,(H,27,31). The monoisotopic (exact) mass is 478 g/mol. The number of rotatable bonds is 9. The molecule has 6 nitrogen and oxygen atoms in total. The van der Waals surface area contributed by atoms with E-state index in [1.54, 1.807) is 0 Å². The van der Waals surface area contributed by atoms with Crippen LogP contribution in [0.1, 0.15) is 52.1 Å². The first-order chi connectivity index (χ1) is 15.7. The van der Waals surface area contributed by atoms with Gasteiger partial charge in [-0.2, -0.15) is 0 Å². The molecule has 1 N–H and O–H groups in total. The van der Waals surface area contributed by atoms with Gasteiger partial charge in [0.2, 0.25) is 5.91 Å². The maximum absolute atomic E-state index is 13.9. The molecule has 1 aromatic heterocycles. The van der Waals surface area contributed by atoms with Crippen molar-refractivity contribution in [3.05, 3.63) is 65.7 Å². The summed E-state index contributed by atoms with van der Waals surface area (Å²) < 4.78 is 48.0. The number of benzene rings is 2. The summed E-state index contributed by atoms with van der Waals surface area (Å²) >= 11 is 1.20. The fourth-order valence-corrected chi connectivity index (χ4v) is 4.25. The van der Waals surface area contributed by atoms with Gasteiger partial charge in [-0.05, 0) is 63.6 Å². The van der Waals surface area contributed by atoms with E-state index in [9.17, 15) is 18.0 Å². The largest absolute Gasteiger partial charge is 0.483 e. The van der Waals surface area contributed by atoms with Crippen molar-refractivity contribution in [3.63, 3.8) is 0 Å². The van der Waals surface area contributed by atoms with E-state index in [1.165, 1.54) is 42.1 Å². The fourth-order valence-electron chi connectivity index (χ4n) is 3.15. The summed E-state index contributed by atoms with van der Waals surface area (Å²) in [5.74, 6) is -1.31. The lowest BCUT2D eigenvalue weighted by molar-refractivity contribution is -0.115. The molecule has 2 atom stereocenters. The van der Waals surface area contributed by atoms with Crippen molar-refractivity contribution in [2.45, 2.75) is 56.7 Å². The molecule has 0 aliphatic carbocycles. The summed E-state index contributed by atoms with van der Waals surface area (Å²) in [4.78, 5) is 12.8. The van der Waals surface area contributed by atoms with Gasteiger partial charge in [0.05, 0.1) is 10.9 Å². The van der Waals surface area contributed by atoms with Crippen LogP contribution in [0.3, 0.4) is 0 Å². The Morgan fingerprint density at radius 3 is 2.33 bits per heavy atom. The highest BCUT2D eigenvalue weighted by Gasteiger charge is 2.26. The minimum Gasteiger partial charge on any atom is -0.483 e. The summed E-state index contributed by atoms with van der Waals surface area (Å²) in [5.41, 5.74) is -0.0900. The molecule has 1 amide bonds. The Morgan fingerprint density at radius 2 is 1.73 bits per heavy atom. The summed E-state index contributed by atoms with van der Waals surface area (Å²) in [7, 11) is 0. The molecule has 3 rings (SSSR count). The molecule has 0 saturated heterocycles. The molecule has 0 fully saturated rings. The molecule has 2 unspecified atom stereocenters. The van der Waals surface area contributed by atoms with E-state index in [0.717, 1.165) is 6.07 Å². The number of carbonyl (C=O) groups excluding carboxylic acids is 1. The predicted molar refractivity (Wildman–Crippen MR) is 121 cm³/mol. The Kier molecular flexibility index (Phi) is 8.01. The zero-order valence-corrected chi connectivity index (χ0v) is 19.5. The number of anilines is 1. The van der Waals surface area contributed by atoms with Crippen molar-refractivity contribution in [1.82, 2.24) is 14.8 Å². The van der Waals surface area contributed by atoms with Gasteiger partial charge in [0.25, 0.3) is 0 Å². The van der Waals surface area contributed by atoms with E-state index in [-0.39, 0.29) is 17.5 Å². The van der Waals surface area contributed by atoms with Crippen molar-refractivity contribution in [1.29, 1.82) is 0 Å². The van der Waals surface area contributed by atoms with Crippen molar-refractivity contribution in [2.75, 3.05) is 5.32 Å². The summed E-state index contributed by atoms with van der Waals surface area (Å²) in [6.07, 6.45) is -0.0387. The fraction of sp³-hybridized carbons (Fsp3) is 0.348. The second kappa shape index (κ2) is 10.7. The van der Waals surface area contributed by atoms with Crippen molar-refractivity contribution >= 4 is 23.4 Å². The average molecular weight is 479 g/mol. The SMILES string of the molecule is CCC(Sc1nnc(C(C)Oc2ccc(F)cc2)n1C(C)C)C(=O)Nc1ccc(F)cc1F. The maximum Gasteiger partial charge on any atom is 0.238 e. The van der Waals surface area contributed by atoms with Crippen LogP contribution in [0.5, 0.6) is 5.75 Å². The lowest BCUT2D eigenvalue weighted by Crippen LogP contribution is -2.26. The van der Waals surface area contributed by atoms with Gasteiger partial charge in [-0.3, -0.25) is 4.79 Å². The Bertz CT molecular complexity index is 1110. The Labute approximate surface area is 194 Å². The minimum atomic E-state index is -0.845. The van der Waals surface area contributed by atoms with E-state index in [4.69, 9.17) is 4.74 Å². The van der Waals surface area contributed by atoms with Crippen LogP contribution >= 0.6 is 11.8 Å². The van der Waals surface area contributed by atoms with Crippen molar-refractivity contribution < 1.29 is 22.7 Å². The van der Waals surface area contributed by atoms with Crippen LogP contribution in [-0.2, 0) is 4.79 Å². The first-order valence-corrected chi connectivity index (χ1v) is 11.4. The molecule has 2 aromatic carbocycles. The molecular formula is C23H25F3N4O2S. The number of amides is 1. The Balaban J connectivity index is 1.78. The van der Waals surface area contributed by atoms with Crippen LogP contribution in [0.2, 0.25) is 0 Å². The van der Waals surface area contributed by atoms with Gasteiger partial charge in [0.15, 0.2) is 17.1 Å². The second-order valence-electron chi connectivity index (χ2n) is 7.65. The highest BCUT2D eigenvalue weighted by atomic mass is 32.2. The summed E-state index contributed by atoms with van der Waals surface area (Å²) in [6, 6.07) is 8.63. The van der Waals surface area contributed by atoms with E-state index >= 15 is 0 Å². The zero-order chi connectivity index (χ0) is 24.1. The zero-order valence-electron chi connectivity index (χ0n) is 18.7. The first-order valence-electron chi connectivity index (χ1n) is 10.5. The van der Waals surface area contributed by atoms with Crippen LogP contribution in [0.4, 0.5) is 18.9 Å². The van der Waals surface area contributed by atoms with Gasteiger partial charge in [-0.15, -0.1) is 10.2 Å². The lowest BCUT2D eigenvalue weighted by Gasteiger charge is -2.20. The molecule has 0 radical (unpaired) electrons. The topological polar surface area (TPSA) is 69.0 Å².